The Kier molecular flexibility index (Phi) is 3.56. The van der Waals surface area contributed by atoms with Crippen LogP contribution in [-0.4, -0.2) is 24.9 Å². The SMILES string of the molecule is Cc1ccc2cc(N3CCC4(CC3)CC(=O)NC(=O)C4)ccc2c1. The molecular weight excluding hydrogens is 300 g/mol. The van der Waals surface area contributed by atoms with Crippen molar-refractivity contribution in [2.75, 3.05) is 18.0 Å². The van der Waals surface area contributed by atoms with Crippen molar-refractivity contribution in [2.24, 2.45) is 5.41 Å². The second kappa shape index (κ2) is 5.62. The quantitative estimate of drug-likeness (QED) is 0.821. The molecule has 4 nitrogen and oxygen atoms in total. The number of hydrogen-bond donors (Lipinski definition) is 1. The number of carbonyl (C=O) groups excluding carboxylic acids is 2. The number of amides is 2. The minimum Gasteiger partial charge on any atom is -0.371 e. The van der Waals surface area contributed by atoms with Crippen LogP contribution in [0.3, 0.4) is 0 Å². The van der Waals surface area contributed by atoms with E-state index in [9.17, 15) is 9.59 Å². The lowest BCUT2D eigenvalue weighted by molar-refractivity contribution is -0.138. The highest BCUT2D eigenvalue weighted by Gasteiger charge is 2.41. The maximum atomic E-state index is 11.7. The van der Waals surface area contributed by atoms with E-state index in [1.54, 1.807) is 0 Å². The molecule has 2 heterocycles. The van der Waals surface area contributed by atoms with Crippen LogP contribution in [0.25, 0.3) is 10.8 Å². The van der Waals surface area contributed by atoms with E-state index < -0.39 is 0 Å². The molecule has 124 valence electrons. The normalized spacial score (nSPS) is 20.5. The molecular formula is C20H22N2O2. The minimum absolute atomic E-state index is 0.110. The molecule has 0 saturated carbocycles. The van der Waals surface area contributed by atoms with Gasteiger partial charge in [-0.05, 0) is 48.1 Å². The molecule has 0 atom stereocenters. The van der Waals surface area contributed by atoms with Crippen LogP contribution < -0.4 is 10.2 Å². The van der Waals surface area contributed by atoms with Gasteiger partial charge in [0, 0.05) is 31.6 Å². The molecule has 1 spiro atoms. The largest absolute Gasteiger partial charge is 0.371 e. The molecule has 1 N–H and O–H groups in total. The van der Waals surface area contributed by atoms with Gasteiger partial charge in [-0.15, -0.1) is 0 Å². The number of rotatable bonds is 1. The number of nitrogens with zero attached hydrogens (tertiary/aromatic N) is 1. The van der Waals surface area contributed by atoms with Crippen molar-refractivity contribution >= 4 is 28.3 Å². The van der Waals surface area contributed by atoms with Gasteiger partial charge in [0.1, 0.15) is 0 Å². The number of fused-ring (bicyclic) bond motifs is 1. The molecule has 24 heavy (non-hydrogen) atoms. The van der Waals surface area contributed by atoms with Crippen molar-refractivity contribution in [2.45, 2.75) is 32.6 Å². The number of benzene rings is 2. The molecule has 4 rings (SSSR count). The van der Waals surface area contributed by atoms with Crippen LogP contribution in [0.4, 0.5) is 5.69 Å². The molecule has 2 aliphatic heterocycles. The maximum Gasteiger partial charge on any atom is 0.227 e. The van der Waals surface area contributed by atoms with Gasteiger partial charge in [0.25, 0.3) is 0 Å². The summed E-state index contributed by atoms with van der Waals surface area (Å²) >= 11 is 0. The maximum absolute atomic E-state index is 11.7. The molecule has 2 amide bonds. The Hall–Kier alpha value is -2.36. The Balaban J connectivity index is 1.52. The molecule has 0 aromatic heterocycles. The van der Waals surface area contributed by atoms with Crippen molar-refractivity contribution < 1.29 is 9.59 Å². The summed E-state index contributed by atoms with van der Waals surface area (Å²) in [5.41, 5.74) is 2.38. The zero-order valence-corrected chi connectivity index (χ0v) is 14.0. The summed E-state index contributed by atoms with van der Waals surface area (Å²) in [5, 5.41) is 4.95. The standard InChI is InChI=1S/C20H22N2O2/c1-14-2-3-16-11-17(5-4-15(16)10-14)22-8-6-20(7-9-22)12-18(23)21-19(24)13-20/h2-5,10-11H,6-9,12-13H2,1H3,(H,21,23,24). The molecule has 0 aliphatic carbocycles. The van der Waals surface area contributed by atoms with Gasteiger partial charge in [-0.1, -0.05) is 29.8 Å². The van der Waals surface area contributed by atoms with E-state index >= 15 is 0 Å². The van der Waals surface area contributed by atoms with Crippen LogP contribution in [0.1, 0.15) is 31.2 Å². The lowest BCUT2D eigenvalue weighted by Crippen LogP contribution is -2.50. The Morgan fingerprint density at radius 1 is 0.917 bits per heavy atom. The topological polar surface area (TPSA) is 49.4 Å². The molecule has 2 aromatic rings. The summed E-state index contributed by atoms with van der Waals surface area (Å²) in [6.45, 7) is 3.91. The third-order valence-corrected chi connectivity index (χ3v) is 5.52. The van der Waals surface area contributed by atoms with Crippen LogP contribution in [0, 0.1) is 12.3 Å². The van der Waals surface area contributed by atoms with Gasteiger partial charge in [-0.2, -0.15) is 0 Å². The summed E-state index contributed by atoms with van der Waals surface area (Å²) in [4.78, 5) is 25.8. The second-order valence-corrected chi connectivity index (χ2v) is 7.35. The highest BCUT2D eigenvalue weighted by Crippen LogP contribution is 2.41. The van der Waals surface area contributed by atoms with Crippen molar-refractivity contribution in [3.63, 3.8) is 0 Å². The first kappa shape index (κ1) is 15.2. The van der Waals surface area contributed by atoms with Crippen molar-refractivity contribution in [1.29, 1.82) is 0 Å². The molecule has 2 aliphatic rings. The zero-order valence-electron chi connectivity index (χ0n) is 14.0. The van der Waals surface area contributed by atoms with Gasteiger partial charge >= 0.3 is 0 Å². The fourth-order valence-electron chi connectivity index (χ4n) is 4.13. The van der Waals surface area contributed by atoms with Crippen LogP contribution in [0.2, 0.25) is 0 Å². The summed E-state index contributed by atoms with van der Waals surface area (Å²) in [5.74, 6) is -0.221. The molecule has 0 bridgehead atoms. The van der Waals surface area contributed by atoms with Crippen molar-refractivity contribution in [1.82, 2.24) is 5.32 Å². The Morgan fingerprint density at radius 2 is 1.54 bits per heavy atom. The third kappa shape index (κ3) is 2.77. The first-order valence-electron chi connectivity index (χ1n) is 8.61. The molecule has 4 heteroatoms. The number of nitrogens with one attached hydrogen (secondary N) is 1. The van der Waals surface area contributed by atoms with Gasteiger partial charge in [0.2, 0.25) is 11.8 Å². The van der Waals surface area contributed by atoms with Gasteiger partial charge in [0.05, 0.1) is 0 Å². The van der Waals surface area contributed by atoms with Gasteiger partial charge in [0.15, 0.2) is 0 Å². The van der Waals surface area contributed by atoms with Gasteiger partial charge < -0.3 is 4.90 Å². The summed E-state index contributed by atoms with van der Waals surface area (Å²) < 4.78 is 0. The zero-order chi connectivity index (χ0) is 16.7. The van der Waals surface area contributed by atoms with E-state index in [0.717, 1.165) is 25.9 Å². The van der Waals surface area contributed by atoms with Gasteiger partial charge in [-0.3, -0.25) is 14.9 Å². The fourth-order valence-corrected chi connectivity index (χ4v) is 4.13. The highest BCUT2D eigenvalue weighted by molar-refractivity contribution is 5.98. The smallest absolute Gasteiger partial charge is 0.227 e. The monoisotopic (exact) mass is 322 g/mol. The average molecular weight is 322 g/mol. The minimum atomic E-state index is -0.121. The average Bonchev–Trinajstić information content (AvgIpc) is 2.54. The van der Waals surface area contributed by atoms with E-state index in [-0.39, 0.29) is 17.2 Å². The van der Waals surface area contributed by atoms with E-state index in [2.05, 4.69) is 53.5 Å². The van der Waals surface area contributed by atoms with Crippen LogP contribution in [0.15, 0.2) is 36.4 Å². The summed E-state index contributed by atoms with van der Waals surface area (Å²) in [6, 6.07) is 13.1. The Labute approximate surface area is 141 Å². The van der Waals surface area contributed by atoms with Gasteiger partial charge in [-0.25, -0.2) is 0 Å². The molecule has 2 fully saturated rings. The lowest BCUT2D eigenvalue weighted by atomic mass is 9.71. The predicted octanol–water partition coefficient (Wildman–Crippen LogP) is 3.17. The second-order valence-electron chi connectivity index (χ2n) is 7.35. The number of hydrogen-bond acceptors (Lipinski definition) is 3. The van der Waals surface area contributed by atoms with Crippen LogP contribution in [0.5, 0.6) is 0 Å². The molecule has 2 saturated heterocycles. The highest BCUT2D eigenvalue weighted by atomic mass is 16.2. The number of aryl methyl sites for hydroxylation is 1. The van der Waals surface area contributed by atoms with Crippen LogP contribution >= 0.6 is 0 Å². The Morgan fingerprint density at radius 3 is 2.25 bits per heavy atom. The van der Waals surface area contributed by atoms with E-state index in [1.807, 2.05) is 0 Å². The number of carbonyl (C=O) groups is 2. The van der Waals surface area contributed by atoms with E-state index in [4.69, 9.17) is 0 Å². The number of piperidine rings is 2. The Bertz CT molecular complexity index is 801. The molecule has 2 aromatic carbocycles. The third-order valence-electron chi connectivity index (χ3n) is 5.52. The molecule has 0 radical (unpaired) electrons. The number of imide groups is 1. The molecule has 0 unspecified atom stereocenters. The summed E-state index contributed by atoms with van der Waals surface area (Å²) in [7, 11) is 0. The van der Waals surface area contributed by atoms with E-state index in [1.165, 1.54) is 22.0 Å². The van der Waals surface area contributed by atoms with Crippen molar-refractivity contribution in [3.8, 4) is 0 Å². The lowest BCUT2D eigenvalue weighted by Gasteiger charge is -2.43. The fraction of sp³-hybridized carbons (Fsp3) is 0.400. The first-order chi connectivity index (χ1) is 11.5. The predicted molar refractivity (Wildman–Crippen MR) is 94.9 cm³/mol. The van der Waals surface area contributed by atoms with E-state index in [0.29, 0.717) is 12.8 Å². The first-order valence-corrected chi connectivity index (χ1v) is 8.61. The number of anilines is 1. The van der Waals surface area contributed by atoms with Crippen LogP contribution in [-0.2, 0) is 9.59 Å². The summed E-state index contributed by atoms with van der Waals surface area (Å²) in [6.07, 6.45) is 2.78. The van der Waals surface area contributed by atoms with Crippen molar-refractivity contribution in [3.05, 3.63) is 42.0 Å².